The van der Waals surface area contributed by atoms with Crippen LogP contribution in [-0.4, -0.2) is 39.5 Å². The van der Waals surface area contributed by atoms with Gasteiger partial charge in [0.15, 0.2) is 5.78 Å². The monoisotopic (exact) mass is 425 g/mol. The summed E-state index contributed by atoms with van der Waals surface area (Å²) in [5.74, 6) is -0.174. The Balaban J connectivity index is 1.91. The van der Waals surface area contributed by atoms with Gasteiger partial charge in [0.05, 0.1) is 12.2 Å². The quantitative estimate of drug-likeness (QED) is 0.577. The molecule has 0 unspecified atom stereocenters. The number of aryl methyl sites for hydroxylation is 2. The highest BCUT2D eigenvalue weighted by Gasteiger charge is 2.30. The normalized spacial score (nSPS) is 14.2. The molecule has 6 heteroatoms. The predicted octanol–water partition coefficient (Wildman–Crippen LogP) is 4.29. The molecule has 1 aliphatic rings. The van der Waals surface area contributed by atoms with Crippen molar-refractivity contribution in [1.82, 2.24) is 14.7 Å². The number of nitrogens with one attached hydrogen (secondary N) is 1. The number of hydrogen-bond donors (Lipinski definition) is 1. The van der Waals surface area contributed by atoms with Crippen LogP contribution in [0, 0.1) is 5.92 Å². The zero-order chi connectivity index (χ0) is 22.4. The Kier molecular flexibility index (Phi) is 7.88. The third kappa shape index (κ3) is 5.00. The van der Waals surface area contributed by atoms with Crippen molar-refractivity contribution < 1.29 is 9.59 Å². The molecule has 0 bridgehead atoms. The number of para-hydroxylation sites is 1. The Morgan fingerprint density at radius 3 is 2.45 bits per heavy atom. The first-order valence-corrected chi connectivity index (χ1v) is 11.8. The van der Waals surface area contributed by atoms with Crippen molar-refractivity contribution >= 4 is 11.7 Å². The van der Waals surface area contributed by atoms with E-state index in [0.29, 0.717) is 18.7 Å². The van der Waals surface area contributed by atoms with Crippen LogP contribution in [0.5, 0.6) is 0 Å². The number of unbranched alkanes of at least 4 members (excludes halogenated alkanes) is 1. The highest BCUT2D eigenvalue weighted by molar-refractivity contribution is 6.00. The molecule has 0 spiro atoms. The molecule has 3 rings (SSSR count). The first-order chi connectivity index (χ1) is 15.0. The Morgan fingerprint density at radius 2 is 1.81 bits per heavy atom. The maximum absolute atomic E-state index is 13.3. The Hall–Kier alpha value is -2.63. The van der Waals surface area contributed by atoms with Gasteiger partial charge in [0, 0.05) is 18.2 Å². The van der Waals surface area contributed by atoms with Gasteiger partial charge in [-0.3, -0.25) is 19.5 Å². The number of hydrogen-bond acceptors (Lipinski definition) is 3. The molecule has 6 nitrogen and oxygen atoms in total. The van der Waals surface area contributed by atoms with Gasteiger partial charge in [-0.25, -0.2) is 4.68 Å². The summed E-state index contributed by atoms with van der Waals surface area (Å²) >= 11 is 0. The Morgan fingerprint density at radius 1 is 1.10 bits per heavy atom. The zero-order valence-corrected chi connectivity index (χ0v) is 19.1. The number of amides is 1. The van der Waals surface area contributed by atoms with Gasteiger partial charge < -0.3 is 4.90 Å². The maximum atomic E-state index is 13.3. The van der Waals surface area contributed by atoms with Crippen LogP contribution in [0.3, 0.4) is 0 Å². The third-order valence-electron chi connectivity index (χ3n) is 6.34. The third-order valence-corrected chi connectivity index (χ3v) is 6.34. The number of nitrogens with zero attached hydrogens (tertiary/aromatic N) is 2. The molecule has 2 aromatic rings. The molecule has 1 aromatic carbocycles. The summed E-state index contributed by atoms with van der Waals surface area (Å²) in [7, 11) is 0. The molecule has 0 aliphatic heterocycles. The molecule has 1 aliphatic carbocycles. The van der Waals surface area contributed by atoms with Crippen LogP contribution in [-0.2, 0) is 17.6 Å². The number of carbonyl (C=O) groups excluding carboxylic acids is 2. The number of H-pyrrole nitrogens is 1. The van der Waals surface area contributed by atoms with Crippen LogP contribution in [0.15, 0.2) is 29.1 Å². The Labute approximate surface area is 184 Å². The van der Waals surface area contributed by atoms with Crippen LogP contribution in [0.4, 0.5) is 0 Å². The second kappa shape index (κ2) is 10.6. The smallest absolute Gasteiger partial charge is 0.282 e. The minimum atomic E-state index is -0.327. The number of aromatic amines is 1. The van der Waals surface area contributed by atoms with Gasteiger partial charge in [0.1, 0.15) is 5.56 Å². The molecule has 1 aromatic heterocycles. The van der Waals surface area contributed by atoms with Crippen LogP contribution in [0.2, 0.25) is 0 Å². The number of Topliss-reactive ketones (excluding diaryl/α,β-unsaturated/α-hetero) is 1. The first kappa shape index (κ1) is 23.0. The molecule has 0 radical (unpaired) electrons. The SMILES string of the molecule is CCCCN(CC(=O)c1c(CC)[nH]n(-c2ccccc2CC)c1=O)C(=O)C1CCCC1. The molecule has 1 N–H and O–H groups in total. The van der Waals surface area contributed by atoms with Crippen LogP contribution in [0.1, 0.15) is 80.9 Å². The summed E-state index contributed by atoms with van der Waals surface area (Å²) in [6.45, 7) is 6.59. The summed E-state index contributed by atoms with van der Waals surface area (Å²) in [4.78, 5) is 41.3. The van der Waals surface area contributed by atoms with Crippen LogP contribution in [0.25, 0.3) is 5.69 Å². The van der Waals surface area contributed by atoms with E-state index >= 15 is 0 Å². The lowest BCUT2D eigenvalue weighted by molar-refractivity contribution is -0.134. The molecule has 1 saturated carbocycles. The molecule has 1 heterocycles. The van der Waals surface area contributed by atoms with Crippen molar-refractivity contribution in [3.63, 3.8) is 0 Å². The summed E-state index contributed by atoms with van der Waals surface area (Å²) < 4.78 is 1.49. The predicted molar refractivity (Wildman–Crippen MR) is 123 cm³/mol. The van der Waals surface area contributed by atoms with Gasteiger partial charge in [-0.15, -0.1) is 0 Å². The van der Waals surface area contributed by atoms with Crippen molar-refractivity contribution in [3.05, 3.63) is 51.4 Å². The lowest BCUT2D eigenvalue weighted by Crippen LogP contribution is -2.40. The molecule has 0 atom stereocenters. The van der Waals surface area contributed by atoms with Gasteiger partial charge in [0.2, 0.25) is 5.91 Å². The van der Waals surface area contributed by atoms with Crippen molar-refractivity contribution in [2.45, 2.75) is 72.1 Å². The van der Waals surface area contributed by atoms with Crippen molar-refractivity contribution in [2.24, 2.45) is 5.92 Å². The summed E-state index contributed by atoms with van der Waals surface area (Å²) in [6, 6.07) is 7.72. The van der Waals surface area contributed by atoms with Crippen molar-refractivity contribution in [1.29, 1.82) is 0 Å². The average molecular weight is 426 g/mol. The fourth-order valence-corrected chi connectivity index (χ4v) is 4.52. The van der Waals surface area contributed by atoms with Gasteiger partial charge in [-0.2, -0.15) is 0 Å². The standard InChI is InChI=1S/C25H35N3O3/c1-4-7-16-27(24(30)19-13-8-9-14-19)17-22(29)23-20(6-3)26-28(25(23)31)21-15-11-10-12-18(21)5-2/h10-12,15,19,26H,4-9,13-14,16-17H2,1-3H3. The van der Waals surface area contributed by atoms with Crippen LogP contribution >= 0.6 is 0 Å². The number of ketones is 1. The maximum Gasteiger partial charge on any atom is 0.282 e. The second-order valence-electron chi connectivity index (χ2n) is 8.46. The Bertz CT molecular complexity index is 967. The number of aromatic nitrogens is 2. The fourth-order valence-electron chi connectivity index (χ4n) is 4.52. The molecule has 31 heavy (non-hydrogen) atoms. The second-order valence-corrected chi connectivity index (χ2v) is 8.46. The first-order valence-electron chi connectivity index (χ1n) is 11.8. The summed E-state index contributed by atoms with van der Waals surface area (Å²) in [6.07, 6.45) is 7.09. The number of rotatable bonds is 10. The van der Waals surface area contributed by atoms with E-state index in [1.807, 2.05) is 38.1 Å². The van der Waals surface area contributed by atoms with E-state index in [0.717, 1.165) is 56.2 Å². The lowest BCUT2D eigenvalue weighted by atomic mass is 10.0. The van der Waals surface area contributed by atoms with Gasteiger partial charge in [-0.1, -0.05) is 58.2 Å². The molecule has 1 fully saturated rings. The van der Waals surface area contributed by atoms with Gasteiger partial charge >= 0.3 is 0 Å². The van der Waals surface area contributed by atoms with E-state index in [2.05, 4.69) is 12.0 Å². The van der Waals surface area contributed by atoms with E-state index < -0.39 is 0 Å². The minimum absolute atomic E-state index is 0.0228. The minimum Gasteiger partial charge on any atom is -0.335 e. The lowest BCUT2D eigenvalue weighted by Gasteiger charge is -2.24. The summed E-state index contributed by atoms with van der Waals surface area (Å²) in [5, 5.41) is 3.15. The topological polar surface area (TPSA) is 75.2 Å². The molecular formula is C25H35N3O3. The van der Waals surface area contributed by atoms with Gasteiger partial charge in [-0.05, 0) is 43.7 Å². The largest absolute Gasteiger partial charge is 0.335 e. The fraction of sp³-hybridized carbons (Fsp3) is 0.560. The van der Waals surface area contributed by atoms with E-state index in [1.54, 1.807) is 4.90 Å². The molecular weight excluding hydrogens is 390 g/mol. The highest BCUT2D eigenvalue weighted by Crippen LogP contribution is 2.27. The number of carbonyl (C=O) groups is 2. The highest BCUT2D eigenvalue weighted by atomic mass is 16.2. The van der Waals surface area contributed by atoms with Crippen molar-refractivity contribution in [3.8, 4) is 5.69 Å². The summed E-state index contributed by atoms with van der Waals surface area (Å²) in [5.41, 5.74) is 2.30. The van der Waals surface area contributed by atoms with E-state index in [9.17, 15) is 14.4 Å². The average Bonchev–Trinajstić information content (AvgIpc) is 3.44. The zero-order valence-electron chi connectivity index (χ0n) is 19.1. The van der Waals surface area contributed by atoms with Crippen LogP contribution < -0.4 is 5.56 Å². The molecule has 168 valence electrons. The van der Waals surface area contributed by atoms with E-state index in [1.165, 1.54) is 4.68 Å². The van der Waals surface area contributed by atoms with Crippen molar-refractivity contribution in [2.75, 3.05) is 13.1 Å². The van der Waals surface area contributed by atoms with E-state index in [-0.39, 0.29) is 35.3 Å². The number of benzene rings is 1. The molecule has 1 amide bonds. The molecule has 0 saturated heterocycles. The van der Waals surface area contributed by atoms with Gasteiger partial charge in [0.25, 0.3) is 5.56 Å². The van der Waals surface area contributed by atoms with E-state index in [4.69, 9.17) is 0 Å².